The first-order valence-corrected chi connectivity index (χ1v) is 9.20. The van der Waals surface area contributed by atoms with Gasteiger partial charge in [-0.05, 0) is 37.1 Å². The third-order valence-electron chi connectivity index (χ3n) is 4.38. The predicted octanol–water partition coefficient (Wildman–Crippen LogP) is 3.38. The van der Waals surface area contributed by atoms with Crippen molar-refractivity contribution in [2.45, 2.75) is 25.7 Å². The number of nitrogens with zero attached hydrogens (tertiary/aromatic N) is 3. The fourth-order valence-electron chi connectivity index (χ4n) is 3.11. The Kier molecular flexibility index (Phi) is 4.40. The van der Waals surface area contributed by atoms with E-state index in [4.69, 9.17) is 14.2 Å². The second kappa shape index (κ2) is 6.84. The number of fused-ring (bicyclic) bond motifs is 1. The van der Waals surface area contributed by atoms with E-state index in [2.05, 4.69) is 11.2 Å². The lowest BCUT2D eigenvalue weighted by atomic mass is 9.99. The number of para-hydroxylation sites is 1. The van der Waals surface area contributed by atoms with Crippen molar-refractivity contribution in [3.05, 3.63) is 41.1 Å². The van der Waals surface area contributed by atoms with Crippen LogP contribution in [0.3, 0.4) is 0 Å². The summed E-state index contributed by atoms with van der Waals surface area (Å²) >= 11 is 1.73. The molecule has 3 aromatic rings. The lowest BCUT2D eigenvalue weighted by Gasteiger charge is -2.31. The van der Waals surface area contributed by atoms with Gasteiger partial charge in [-0.25, -0.2) is 4.98 Å². The van der Waals surface area contributed by atoms with Crippen molar-refractivity contribution in [3.8, 4) is 5.88 Å². The molecule has 3 heterocycles. The monoisotopic (exact) mass is 357 g/mol. The first kappa shape index (κ1) is 16.1. The van der Waals surface area contributed by atoms with E-state index in [1.165, 1.54) is 4.70 Å². The molecule has 0 spiro atoms. The number of carbonyl (C=O) groups excluding carboxylic acids is 1. The molecule has 0 bridgehead atoms. The standard InChI is InChI=1S/C18H19N3O3S/c1-12-9-16(20-24-12)23-11-17(22)21-8-4-5-13(10-21)18-19-14-6-2-3-7-15(14)25-18/h2-3,6-7,9,13H,4-5,8,10-11H2,1H3/t13-/m1/s1. The van der Waals surface area contributed by atoms with Gasteiger partial charge in [-0.2, -0.15) is 0 Å². The van der Waals surface area contributed by atoms with Crippen molar-refractivity contribution in [1.29, 1.82) is 0 Å². The Morgan fingerprint density at radius 1 is 1.44 bits per heavy atom. The van der Waals surface area contributed by atoms with Crippen LogP contribution in [0.2, 0.25) is 0 Å². The summed E-state index contributed by atoms with van der Waals surface area (Å²) in [4.78, 5) is 19.1. The van der Waals surface area contributed by atoms with Crippen LogP contribution in [0.1, 0.15) is 29.5 Å². The van der Waals surface area contributed by atoms with Gasteiger partial charge in [0, 0.05) is 25.1 Å². The molecule has 25 heavy (non-hydrogen) atoms. The largest absolute Gasteiger partial charge is 0.465 e. The van der Waals surface area contributed by atoms with Crippen LogP contribution in [0.15, 0.2) is 34.9 Å². The van der Waals surface area contributed by atoms with Crippen molar-refractivity contribution in [3.63, 3.8) is 0 Å². The van der Waals surface area contributed by atoms with Crippen LogP contribution in [0, 0.1) is 6.92 Å². The van der Waals surface area contributed by atoms with Crippen molar-refractivity contribution in [2.24, 2.45) is 0 Å². The van der Waals surface area contributed by atoms with E-state index in [9.17, 15) is 4.79 Å². The van der Waals surface area contributed by atoms with Crippen LogP contribution in [0.4, 0.5) is 0 Å². The Labute approximate surface area is 149 Å². The van der Waals surface area contributed by atoms with Gasteiger partial charge in [-0.15, -0.1) is 11.3 Å². The first-order valence-electron chi connectivity index (χ1n) is 8.38. The van der Waals surface area contributed by atoms with Crippen LogP contribution in [-0.4, -0.2) is 40.6 Å². The molecule has 0 radical (unpaired) electrons. The van der Waals surface area contributed by atoms with Crippen LogP contribution in [0.5, 0.6) is 5.88 Å². The number of piperidine rings is 1. The van der Waals surface area contributed by atoms with Gasteiger partial charge >= 0.3 is 0 Å². The molecule has 1 saturated heterocycles. The molecule has 0 N–H and O–H groups in total. The average molecular weight is 357 g/mol. The van der Waals surface area contributed by atoms with E-state index in [0.717, 1.165) is 29.9 Å². The molecule has 1 atom stereocenters. The number of hydrogen-bond acceptors (Lipinski definition) is 6. The zero-order valence-corrected chi connectivity index (χ0v) is 14.8. The van der Waals surface area contributed by atoms with Crippen molar-refractivity contribution in [1.82, 2.24) is 15.0 Å². The number of likely N-dealkylation sites (tertiary alicyclic amines) is 1. The molecule has 2 aromatic heterocycles. The number of aryl methyl sites for hydroxylation is 1. The topological polar surface area (TPSA) is 68.5 Å². The molecule has 6 nitrogen and oxygen atoms in total. The van der Waals surface area contributed by atoms with Crippen molar-refractivity contribution in [2.75, 3.05) is 19.7 Å². The summed E-state index contributed by atoms with van der Waals surface area (Å²) in [6.07, 6.45) is 2.04. The smallest absolute Gasteiger partial charge is 0.260 e. The maximum Gasteiger partial charge on any atom is 0.260 e. The summed E-state index contributed by atoms with van der Waals surface area (Å²) in [7, 11) is 0. The lowest BCUT2D eigenvalue weighted by Crippen LogP contribution is -2.41. The molecule has 0 aliphatic carbocycles. The number of benzene rings is 1. The van der Waals surface area contributed by atoms with E-state index in [-0.39, 0.29) is 12.5 Å². The number of amides is 1. The Morgan fingerprint density at radius 2 is 2.32 bits per heavy atom. The summed E-state index contributed by atoms with van der Waals surface area (Å²) in [6.45, 7) is 3.23. The fourth-order valence-corrected chi connectivity index (χ4v) is 4.20. The van der Waals surface area contributed by atoms with E-state index in [0.29, 0.717) is 24.1 Å². The minimum absolute atomic E-state index is 0.0153. The van der Waals surface area contributed by atoms with Crippen LogP contribution in [-0.2, 0) is 4.79 Å². The van der Waals surface area contributed by atoms with Gasteiger partial charge in [0.1, 0.15) is 5.76 Å². The number of aromatic nitrogens is 2. The van der Waals surface area contributed by atoms with Gasteiger partial charge in [-0.3, -0.25) is 4.79 Å². The zero-order chi connectivity index (χ0) is 17.2. The SMILES string of the molecule is Cc1cc(OCC(=O)N2CCC[C@@H](c3nc4ccccc4s3)C2)no1. The minimum Gasteiger partial charge on any atom is -0.465 e. The number of rotatable bonds is 4. The van der Waals surface area contributed by atoms with Crippen LogP contribution in [0.25, 0.3) is 10.2 Å². The highest BCUT2D eigenvalue weighted by molar-refractivity contribution is 7.18. The van der Waals surface area contributed by atoms with E-state index in [1.807, 2.05) is 23.1 Å². The average Bonchev–Trinajstić information content (AvgIpc) is 3.25. The van der Waals surface area contributed by atoms with Crippen LogP contribution >= 0.6 is 11.3 Å². The molecule has 1 fully saturated rings. The molecule has 1 aliphatic heterocycles. The first-order chi connectivity index (χ1) is 12.2. The zero-order valence-electron chi connectivity index (χ0n) is 14.0. The number of carbonyl (C=O) groups is 1. The van der Waals surface area contributed by atoms with Crippen molar-refractivity contribution >= 4 is 27.5 Å². The molecule has 1 amide bonds. The summed E-state index contributed by atoms with van der Waals surface area (Å²) in [5, 5.41) is 4.86. The normalized spacial score (nSPS) is 17.8. The molecule has 7 heteroatoms. The summed E-state index contributed by atoms with van der Waals surface area (Å²) in [5.74, 6) is 1.29. The van der Waals surface area contributed by atoms with Gasteiger partial charge in [0.05, 0.1) is 15.2 Å². The maximum absolute atomic E-state index is 12.5. The maximum atomic E-state index is 12.5. The van der Waals surface area contributed by atoms with Gasteiger partial charge < -0.3 is 14.2 Å². The second-order valence-electron chi connectivity index (χ2n) is 6.26. The van der Waals surface area contributed by atoms with Crippen molar-refractivity contribution < 1.29 is 14.1 Å². The van der Waals surface area contributed by atoms with E-state index >= 15 is 0 Å². The summed E-state index contributed by atoms with van der Waals surface area (Å²) in [6, 6.07) is 9.84. The number of thiazole rings is 1. The molecular formula is C18H19N3O3S. The second-order valence-corrected chi connectivity index (χ2v) is 7.33. The molecule has 1 aliphatic rings. The highest BCUT2D eigenvalue weighted by Crippen LogP contribution is 2.32. The number of ether oxygens (including phenoxy) is 1. The Hall–Kier alpha value is -2.41. The van der Waals surface area contributed by atoms with Gasteiger partial charge in [0.25, 0.3) is 11.8 Å². The molecule has 0 unspecified atom stereocenters. The Bertz CT molecular complexity index is 855. The van der Waals surface area contributed by atoms with Gasteiger partial charge in [0.15, 0.2) is 6.61 Å². The molecule has 1 aromatic carbocycles. The number of hydrogen-bond donors (Lipinski definition) is 0. The highest BCUT2D eigenvalue weighted by Gasteiger charge is 2.27. The third kappa shape index (κ3) is 3.51. The summed E-state index contributed by atoms with van der Waals surface area (Å²) in [5.41, 5.74) is 1.04. The molecule has 130 valence electrons. The van der Waals surface area contributed by atoms with Gasteiger partial charge in [0.2, 0.25) is 0 Å². The summed E-state index contributed by atoms with van der Waals surface area (Å²) < 4.78 is 11.6. The fraction of sp³-hybridized carbons (Fsp3) is 0.389. The molecular weight excluding hydrogens is 338 g/mol. The lowest BCUT2D eigenvalue weighted by molar-refractivity contribution is -0.134. The minimum atomic E-state index is -0.0218. The van der Waals surface area contributed by atoms with E-state index < -0.39 is 0 Å². The third-order valence-corrected chi connectivity index (χ3v) is 5.58. The predicted molar refractivity (Wildman–Crippen MR) is 94.9 cm³/mol. The highest BCUT2D eigenvalue weighted by atomic mass is 32.1. The van der Waals surface area contributed by atoms with Gasteiger partial charge in [-0.1, -0.05) is 12.1 Å². The van der Waals surface area contributed by atoms with E-state index in [1.54, 1.807) is 24.3 Å². The van der Waals surface area contributed by atoms with Crippen LogP contribution < -0.4 is 4.74 Å². The quantitative estimate of drug-likeness (QED) is 0.716. The molecule has 4 rings (SSSR count). The Morgan fingerprint density at radius 3 is 3.12 bits per heavy atom. The Balaban J connectivity index is 1.40. The molecule has 0 saturated carbocycles.